The lowest BCUT2D eigenvalue weighted by Crippen LogP contribution is -2.23. The van der Waals surface area contributed by atoms with Gasteiger partial charge in [0.1, 0.15) is 0 Å². The van der Waals surface area contributed by atoms with Gasteiger partial charge in [0.15, 0.2) is 0 Å². The van der Waals surface area contributed by atoms with Gasteiger partial charge in [0.2, 0.25) is 5.91 Å². The first kappa shape index (κ1) is 12.8. The predicted octanol–water partition coefficient (Wildman–Crippen LogP) is 3.55. The van der Waals surface area contributed by atoms with Crippen molar-refractivity contribution in [1.82, 2.24) is 0 Å². The van der Waals surface area contributed by atoms with Crippen LogP contribution in [0.1, 0.15) is 18.1 Å². The maximum absolute atomic E-state index is 11.9. The van der Waals surface area contributed by atoms with Crippen molar-refractivity contribution in [3.8, 4) is 6.07 Å². The second-order valence-electron chi connectivity index (χ2n) is 4.30. The lowest BCUT2D eigenvalue weighted by molar-refractivity contribution is -0.115. The van der Waals surface area contributed by atoms with Crippen LogP contribution < -0.4 is 4.90 Å². The highest BCUT2D eigenvalue weighted by atomic mass is 16.2. The van der Waals surface area contributed by atoms with E-state index in [0.29, 0.717) is 5.56 Å². The standard InChI is InChI=1S/C16H14N2O/c1-12-10-14(11-17)8-9-16(12)18(13(2)19)15-6-4-3-5-7-15/h3-10H,1-2H3. The molecule has 0 aliphatic carbocycles. The number of hydrogen-bond acceptors (Lipinski definition) is 2. The number of carbonyl (C=O) groups excluding carboxylic acids is 1. The Labute approximate surface area is 112 Å². The zero-order chi connectivity index (χ0) is 13.8. The van der Waals surface area contributed by atoms with Crippen molar-refractivity contribution in [2.75, 3.05) is 4.90 Å². The van der Waals surface area contributed by atoms with Crippen LogP contribution in [0.15, 0.2) is 48.5 Å². The first-order valence-corrected chi connectivity index (χ1v) is 6.00. The van der Waals surface area contributed by atoms with Gasteiger partial charge in [0.25, 0.3) is 0 Å². The smallest absolute Gasteiger partial charge is 0.228 e. The summed E-state index contributed by atoms with van der Waals surface area (Å²) in [6.45, 7) is 3.43. The summed E-state index contributed by atoms with van der Waals surface area (Å²) >= 11 is 0. The first-order valence-electron chi connectivity index (χ1n) is 6.00. The molecule has 0 aliphatic rings. The molecular formula is C16H14N2O. The molecule has 0 bridgehead atoms. The van der Waals surface area contributed by atoms with Crippen molar-refractivity contribution in [1.29, 1.82) is 5.26 Å². The van der Waals surface area contributed by atoms with Crippen LogP contribution in [0.3, 0.4) is 0 Å². The molecule has 0 aromatic heterocycles. The molecule has 0 spiro atoms. The molecule has 19 heavy (non-hydrogen) atoms. The third-order valence-corrected chi connectivity index (χ3v) is 2.90. The van der Waals surface area contributed by atoms with E-state index in [1.165, 1.54) is 6.92 Å². The number of amides is 1. The molecule has 3 heteroatoms. The highest BCUT2D eigenvalue weighted by Crippen LogP contribution is 2.28. The Balaban J connectivity index is 2.53. The molecule has 0 saturated carbocycles. The van der Waals surface area contributed by atoms with E-state index in [2.05, 4.69) is 6.07 Å². The van der Waals surface area contributed by atoms with E-state index in [-0.39, 0.29) is 5.91 Å². The summed E-state index contributed by atoms with van der Waals surface area (Å²) < 4.78 is 0. The molecule has 0 heterocycles. The summed E-state index contributed by atoms with van der Waals surface area (Å²) in [5.74, 6) is -0.0565. The molecule has 3 nitrogen and oxygen atoms in total. The van der Waals surface area contributed by atoms with Gasteiger partial charge < -0.3 is 0 Å². The van der Waals surface area contributed by atoms with E-state index in [1.54, 1.807) is 17.0 Å². The van der Waals surface area contributed by atoms with E-state index in [1.807, 2.05) is 43.3 Å². The Bertz CT molecular complexity index is 642. The Morgan fingerprint density at radius 3 is 2.37 bits per heavy atom. The van der Waals surface area contributed by atoms with Crippen molar-refractivity contribution in [2.45, 2.75) is 13.8 Å². The molecule has 2 aromatic rings. The van der Waals surface area contributed by atoms with Crippen LogP contribution in [0, 0.1) is 18.3 Å². The van der Waals surface area contributed by atoms with Gasteiger partial charge >= 0.3 is 0 Å². The molecule has 0 saturated heterocycles. The Morgan fingerprint density at radius 1 is 1.16 bits per heavy atom. The number of nitriles is 1. The highest BCUT2D eigenvalue weighted by molar-refractivity contribution is 5.99. The largest absolute Gasteiger partial charge is 0.281 e. The maximum atomic E-state index is 11.9. The number of rotatable bonds is 2. The fourth-order valence-electron chi connectivity index (χ4n) is 2.04. The fourth-order valence-corrected chi connectivity index (χ4v) is 2.04. The van der Waals surface area contributed by atoms with Crippen molar-refractivity contribution >= 4 is 17.3 Å². The molecule has 0 radical (unpaired) electrons. The molecule has 94 valence electrons. The number of hydrogen-bond donors (Lipinski definition) is 0. The summed E-state index contributed by atoms with van der Waals surface area (Å²) in [7, 11) is 0. The molecule has 0 atom stereocenters. The molecule has 0 fully saturated rings. The summed E-state index contributed by atoms with van der Waals surface area (Å²) in [4.78, 5) is 13.6. The number of anilines is 2. The van der Waals surface area contributed by atoms with Crippen molar-refractivity contribution in [3.05, 3.63) is 59.7 Å². The van der Waals surface area contributed by atoms with Gasteiger partial charge in [-0.15, -0.1) is 0 Å². The SMILES string of the molecule is CC(=O)N(c1ccccc1)c1ccc(C#N)cc1C. The third-order valence-electron chi connectivity index (χ3n) is 2.90. The summed E-state index contributed by atoms with van der Waals surface area (Å²) in [6, 6.07) is 16.9. The van der Waals surface area contributed by atoms with Crippen LogP contribution in [0.25, 0.3) is 0 Å². The minimum atomic E-state index is -0.0565. The van der Waals surface area contributed by atoms with E-state index in [4.69, 9.17) is 5.26 Å². The molecular weight excluding hydrogens is 236 g/mol. The van der Waals surface area contributed by atoms with Crippen molar-refractivity contribution in [3.63, 3.8) is 0 Å². The van der Waals surface area contributed by atoms with Crippen LogP contribution >= 0.6 is 0 Å². The zero-order valence-electron chi connectivity index (χ0n) is 10.9. The Hall–Kier alpha value is -2.60. The van der Waals surface area contributed by atoms with Crippen molar-refractivity contribution < 1.29 is 4.79 Å². The van der Waals surface area contributed by atoms with Gasteiger partial charge in [-0.3, -0.25) is 9.69 Å². The molecule has 2 aromatic carbocycles. The number of nitrogens with zero attached hydrogens (tertiary/aromatic N) is 2. The number of benzene rings is 2. The lowest BCUT2D eigenvalue weighted by Gasteiger charge is -2.23. The molecule has 0 unspecified atom stereocenters. The first-order chi connectivity index (χ1) is 9.13. The van der Waals surface area contributed by atoms with Gasteiger partial charge in [-0.05, 0) is 42.8 Å². The average Bonchev–Trinajstić information content (AvgIpc) is 2.41. The molecule has 0 N–H and O–H groups in total. The minimum Gasteiger partial charge on any atom is -0.281 e. The fraction of sp³-hybridized carbons (Fsp3) is 0.125. The van der Waals surface area contributed by atoms with Gasteiger partial charge in [-0.1, -0.05) is 18.2 Å². The van der Waals surface area contributed by atoms with Gasteiger partial charge in [0.05, 0.1) is 17.3 Å². The summed E-state index contributed by atoms with van der Waals surface area (Å²) in [5.41, 5.74) is 3.12. The number of carbonyl (C=O) groups is 1. The zero-order valence-corrected chi connectivity index (χ0v) is 10.9. The summed E-state index contributed by atoms with van der Waals surface area (Å²) in [5, 5.41) is 8.89. The monoisotopic (exact) mass is 250 g/mol. The van der Waals surface area contributed by atoms with Gasteiger partial charge in [-0.25, -0.2) is 0 Å². The Morgan fingerprint density at radius 2 is 1.84 bits per heavy atom. The number of para-hydroxylation sites is 1. The third kappa shape index (κ3) is 2.63. The predicted molar refractivity (Wildman–Crippen MR) is 75.2 cm³/mol. The lowest BCUT2D eigenvalue weighted by atomic mass is 10.1. The highest BCUT2D eigenvalue weighted by Gasteiger charge is 2.15. The quantitative estimate of drug-likeness (QED) is 0.818. The summed E-state index contributed by atoms with van der Waals surface area (Å²) in [6.07, 6.45) is 0. The number of aryl methyl sites for hydroxylation is 1. The van der Waals surface area contributed by atoms with Crippen LogP contribution in [0.2, 0.25) is 0 Å². The van der Waals surface area contributed by atoms with Crippen molar-refractivity contribution in [2.24, 2.45) is 0 Å². The topological polar surface area (TPSA) is 44.1 Å². The van der Waals surface area contributed by atoms with E-state index < -0.39 is 0 Å². The van der Waals surface area contributed by atoms with Crippen LogP contribution in [-0.4, -0.2) is 5.91 Å². The average molecular weight is 250 g/mol. The Kier molecular flexibility index (Phi) is 3.63. The van der Waals surface area contributed by atoms with Crippen LogP contribution in [-0.2, 0) is 4.79 Å². The second-order valence-corrected chi connectivity index (χ2v) is 4.30. The van der Waals surface area contributed by atoms with Crippen LogP contribution in [0.5, 0.6) is 0 Å². The van der Waals surface area contributed by atoms with E-state index in [9.17, 15) is 4.79 Å². The van der Waals surface area contributed by atoms with Crippen LogP contribution in [0.4, 0.5) is 11.4 Å². The minimum absolute atomic E-state index is 0.0565. The normalized spacial score (nSPS) is 9.74. The van der Waals surface area contributed by atoms with Gasteiger partial charge in [0, 0.05) is 12.6 Å². The van der Waals surface area contributed by atoms with E-state index in [0.717, 1.165) is 16.9 Å². The maximum Gasteiger partial charge on any atom is 0.228 e. The molecule has 2 rings (SSSR count). The molecule has 0 aliphatic heterocycles. The van der Waals surface area contributed by atoms with E-state index >= 15 is 0 Å². The van der Waals surface area contributed by atoms with Gasteiger partial charge in [-0.2, -0.15) is 5.26 Å². The second kappa shape index (κ2) is 5.36. The molecule has 1 amide bonds.